The van der Waals surface area contributed by atoms with Crippen LogP contribution in [0.25, 0.3) is 0 Å². The van der Waals surface area contributed by atoms with Crippen molar-refractivity contribution in [1.82, 2.24) is 0 Å². The number of carboxylic acid groups (broad SMARTS) is 1. The molecule has 2 N–H and O–H groups in total. The van der Waals surface area contributed by atoms with Crippen molar-refractivity contribution in [1.29, 1.82) is 0 Å². The third kappa shape index (κ3) is 3.93. The number of nitro groups is 1. The van der Waals surface area contributed by atoms with E-state index in [1.807, 2.05) is 0 Å². The van der Waals surface area contributed by atoms with E-state index < -0.39 is 10.9 Å². The van der Waals surface area contributed by atoms with Crippen molar-refractivity contribution in [2.45, 2.75) is 32.6 Å². The second-order valence-corrected chi connectivity index (χ2v) is 5.80. The van der Waals surface area contributed by atoms with Gasteiger partial charge in [-0.05, 0) is 36.8 Å². The molecular weight excluding hydrogens is 272 g/mol. The van der Waals surface area contributed by atoms with Crippen LogP contribution in [0.1, 0.15) is 43.0 Å². The highest BCUT2D eigenvalue weighted by molar-refractivity contribution is 5.90. The quantitative estimate of drug-likeness (QED) is 0.639. The smallest absolute Gasteiger partial charge is 0.335 e. The standard InChI is InChI=1S/C15H20N2O4/c1-10-2-4-11(5-3-10)9-16-13-8-12(15(18)19)6-7-14(13)17(20)21/h6-8,10-11,16H,2-5,9H2,1H3,(H,18,19). The summed E-state index contributed by atoms with van der Waals surface area (Å²) < 4.78 is 0. The average Bonchev–Trinajstić information content (AvgIpc) is 2.46. The average molecular weight is 292 g/mol. The topological polar surface area (TPSA) is 92.5 Å². The van der Waals surface area contributed by atoms with Gasteiger partial charge in [-0.1, -0.05) is 19.8 Å². The molecule has 114 valence electrons. The van der Waals surface area contributed by atoms with Gasteiger partial charge in [-0.15, -0.1) is 0 Å². The number of aromatic carboxylic acids is 1. The van der Waals surface area contributed by atoms with Crippen LogP contribution in [-0.4, -0.2) is 22.5 Å². The normalized spacial score (nSPS) is 21.8. The summed E-state index contributed by atoms with van der Waals surface area (Å²) in [6.45, 7) is 2.89. The Bertz CT molecular complexity index is 536. The summed E-state index contributed by atoms with van der Waals surface area (Å²) in [5.41, 5.74) is 0.267. The fourth-order valence-corrected chi connectivity index (χ4v) is 2.76. The summed E-state index contributed by atoms with van der Waals surface area (Å²) in [4.78, 5) is 21.5. The van der Waals surface area contributed by atoms with Crippen LogP contribution < -0.4 is 5.32 Å². The number of nitrogens with one attached hydrogen (secondary N) is 1. The molecular formula is C15H20N2O4. The van der Waals surface area contributed by atoms with E-state index in [-0.39, 0.29) is 11.3 Å². The van der Waals surface area contributed by atoms with Gasteiger partial charge >= 0.3 is 5.97 Å². The first-order valence-electron chi connectivity index (χ1n) is 7.23. The lowest BCUT2D eigenvalue weighted by atomic mass is 9.83. The molecule has 1 aliphatic carbocycles. The van der Waals surface area contributed by atoms with Crippen LogP contribution in [0, 0.1) is 22.0 Å². The minimum atomic E-state index is -1.08. The van der Waals surface area contributed by atoms with Crippen molar-refractivity contribution >= 4 is 17.3 Å². The maximum Gasteiger partial charge on any atom is 0.335 e. The predicted octanol–water partition coefficient (Wildman–Crippen LogP) is 3.53. The molecule has 2 rings (SSSR count). The number of nitrogens with zero attached hydrogens (tertiary/aromatic N) is 1. The van der Waals surface area contributed by atoms with Crippen molar-refractivity contribution in [3.8, 4) is 0 Å². The van der Waals surface area contributed by atoms with Gasteiger partial charge in [0.25, 0.3) is 5.69 Å². The van der Waals surface area contributed by atoms with Crippen LogP contribution in [0.5, 0.6) is 0 Å². The summed E-state index contributed by atoms with van der Waals surface area (Å²) in [5, 5.41) is 23.1. The van der Waals surface area contributed by atoms with Crippen molar-refractivity contribution in [2.75, 3.05) is 11.9 Å². The molecule has 0 bridgehead atoms. The summed E-state index contributed by atoms with van der Waals surface area (Å²) in [6.07, 6.45) is 4.59. The number of nitro benzene ring substituents is 1. The maximum atomic E-state index is 11.0. The van der Waals surface area contributed by atoms with Gasteiger partial charge in [0.15, 0.2) is 0 Å². The summed E-state index contributed by atoms with van der Waals surface area (Å²) >= 11 is 0. The number of benzene rings is 1. The van der Waals surface area contributed by atoms with E-state index in [1.165, 1.54) is 31.0 Å². The van der Waals surface area contributed by atoms with Gasteiger partial charge in [0.2, 0.25) is 0 Å². The SMILES string of the molecule is CC1CCC(CNc2cc(C(=O)O)ccc2[N+](=O)[O-])CC1. The van der Waals surface area contributed by atoms with E-state index in [2.05, 4.69) is 12.2 Å². The third-order valence-corrected chi connectivity index (χ3v) is 4.16. The van der Waals surface area contributed by atoms with Gasteiger partial charge in [0.05, 0.1) is 10.5 Å². The Hall–Kier alpha value is -2.11. The van der Waals surface area contributed by atoms with E-state index in [1.54, 1.807) is 0 Å². The van der Waals surface area contributed by atoms with Crippen molar-refractivity contribution in [2.24, 2.45) is 11.8 Å². The third-order valence-electron chi connectivity index (χ3n) is 4.16. The van der Waals surface area contributed by atoms with Gasteiger partial charge in [-0.3, -0.25) is 10.1 Å². The van der Waals surface area contributed by atoms with Gasteiger partial charge in [0, 0.05) is 12.6 Å². The molecule has 0 radical (unpaired) electrons. The van der Waals surface area contributed by atoms with E-state index in [4.69, 9.17) is 5.11 Å². The highest BCUT2D eigenvalue weighted by Crippen LogP contribution is 2.30. The van der Waals surface area contributed by atoms with Gasteiger partial charge < -0.3 is 10.4 Å². The number of anilines is 1. The molecule has 1 fully saturated rings. The fraction of sp³-hybridized carbons (Fsp3) is 0.533. The van der Waals surface area contributed by atoms with E-state index in [0.29, 0.717) is 18.2 Å². The molecule has 0 spiro atoms. The Morgan fingerprint density at radius 2 is 2.05 bits per heavy atom. The Kier molecular flexibility index (Phi) is 4.77. The fourth-order valence-electron chi connectivity index (χ4n) is 2.76. The van der Waals surface area contributed by atoms with Crippen LogP contribution in [-0.2, 0) is 0 Å². The van der Waals surface area contributed by atoms with Gasteiger partial charge in [-0.25, -0.2) is 4.79 Å². The lowest BCUT2D eigenvalue weighted by Crippen LogP contribution is -2.20. The molecule has 0 amide bonds. The number of hydrogen-bond acceptors (Lipinski definition) is 4. The van der Waals surface area contributed by atoms with Crippen LogP contribution in [0.3, 0.4) is 0 Å². The zero-order valence-corrected chi connectivity index (χ0v) is 12.0. The first kappa shape index (κ1) is 15.3. The van der Waals surface area contributed by atoms with Crippen LogP contribution in [0.2, 0.25) is 0 Å². The molecule has 0 unspecified atom stereocenters. The van der Waals surface area contributed by atoms with Crippen LogP contribution in [0.15, 0.2) is 18.2 Å². The van der Waals surface area contributed by atoms with E-state index >= 15 is 0 Å². The van der Waals surface area contributed by atoms with Crippen LogP contribution in [0.4, 0.5) is 11.4 Å². The molecule has 1 saturated carbocycles. The molecule has 1 aromatic carbocycles. The molecule has 0 aromatic heterocycles. The lowest BCUT2D eigenvalue weighted by molar-refractivity contribution is -0.384. The van der Waals surface area contributed by atoms with Crippen molar-refractivity contribution < 1.29 is 14.8 Å². The zero-order valence-electron chi connectivity index (χ0n) is 12.0. The van der Waals surface area contributed by atoms with Crippen molar-refractivity contribution in [3.63, 3.8) is 0 Å². The maximum absolute atomic E-state index is 11.0. The van der Waals surface area contributed by atoms with Crippen LogP contribution >= 0.6 is 0 Å². The Morgan fingerprint density at radius 3 is 2.62 bits per heavy atom. The molecule has 0 heterocycles. The Labute approximate surface area is 123 Å². The molecule has 1 aromatic rings. The minimum absolute atomic E-state index is 0.0559. The molecule has 6 heteroatoms. The number of carbonyl (C=O) groups is 1. The number of carboxylic acids is 1. The highest BCUT2D eigenvalue weighted by Gasteiger charge is 2.20. The molecule has 21 heavy (non-hydrogen) atoms. The minimum Gasteiger partial charge on any atom is -0.478 e. The lowest BCUT2D eigenvalue weighted by Gasteiger charge is -2.26. The van der Waals surface area contributed by atoms with Crippen molar-refractivity contribution in [3.05, 3.63) is 33.9 Å². The second kappa shape index (κ2) is 6.56. The van der Waals surface area contributed by atoms with Gasteiger partial charge in [-0.2, -0.15) is 0 Å². The predicted molar refractivity (Wildman–Crippen MR) is 79.7 cm³/mol. The first-order valence-corrected chi connectivity index (χ1v) is 7.23. The largest absolute Gasteiger partial charge is 0.478 e. The monoisotopic (exact) mass is 292 g/mol. The van der Waals surface area contributed by atoms with E-state index in [9.17, 15) is 14.9 Å². The highest BCUT2D eigenvalue weighted by atomic mass is 16.6. The molecule has 1 aliphatic rings. The van der Waals surface area contributed by atoms with E-state index in [0.717, 1.165) is 18.8 Å². The number of rotatable bonds is 5. The Balaban J connectivity index is 2.08. The number of hydrogen-bond donors (Lipinski definition) is 2. The summed E-state index contributed by atoms with van der Waals surface area (Å²) in [5.74, 6) is 0.166. The summed E-state index contributed by atoms with van der Waals surface area (Å²) in [7, 11) is 0. The summed E-state index contributed by atoms with van der Waals surface area (Å²) in [6, 6.07) is 3.84. The molecule has 0 saturated heterocycles. The van der Waals surface area contributed by atoms with Gasteiger partial charge in [0.1, 0.15) is 5.69 Å². The molecule has 0 atom stereocenters. The molecule has 0 aliphatic heterocycles. The zero-order chi connectivity index (χ0) is 15.4. The second-order valence-electron chi connectivity index (χ2n) is 5.80. The Morgan fingerprint density at radius 1 is 1.38 bits per heavy atom. The first-order chi connectivity index (χ1) is 9.97. The molecule has 6 nitrogen and oxygen atoms in total.